The fourth-order valence-electron chi connectivity index (χ4n) is 2.93. The lowest BCUT2D eigenvalue weighted by Crippen LogP contribution is -2.43. The SMILES string of the molecule is O=C1CC2(CCCC2)CCN1CCS. The van der Waals surface area contributed by atoms with E-state index in [1.165, 1.54) is 32.1 Å². The molecule has 0 bridgehead atoms. The van der Waals surface area contributed by atoms with Gasteiger partial charge in [-0.05, 0) is 24.7 Å². The quantitative estimate of drug-likeness (QED) is 0.697. The number of rotatable bonds is 2. The number of hydrogen-bond donors (Lipinski definition) is 1. The average molecular weight is 213 g/mol. The Morgan fingerprint density at radius 3 is 2.57 bits per heavy atom. The predicted molar refractivity (Wildman–Crippen MR) is 60.6 cm³/mol. The first-order valence-corrected chi connectivity index (χ1v) is 6.28. The van der Waals surface area contributed by atoms with Gasteiger partial charge in [0.15, 0.2) is 0 Å². The molecule has 1 aliphatic carbocycles. The monoisotopic (exact) mass is 213 g/mol. The summed E-state index contributed by atoms with van der Waals surface area (Å²) in [5, 5.41) is 0. The van der Waals surface area contributed by atoms with Gasteiger partial charge in [0.05, 0.1) is 0 Å². The van der Waals surface area contributed by atoms with E-state index in [0.29, 0.717) is 11.3 Å². The van der Waals surface area contributed by atoms with Crippen molar-refractivity contribution >= 4 is 18.5 Å². The van der Waals surface area contributed by atoms with Gasteiger partial charge in [0.25, 0.3) is 0 Å². The Morgan fingerprint density at radius 1 is 1.29 bits per heavy atom. The second-order valence-electron chi connectivity index (χ2n) is 4.74. The van der Waals surface area contributed by atoms with Crippen LogP contribution in [-0.2, 0) is 4.79 Å². The molecule has 0 unspecified atom stereocenters. The van der Waals surface area contributed by atoms with Crippen molar-refractivity contribution in [1.29, 1.82) is 0 Å². The van der Waals surface area contributed by atoms with Gasteiger partial charge < -0.3 is 4.90 Å². The number of carbonyl (C=O) groups is 1. The van der Waals surface area contributed by atoms with Crippen molar-refractivity contribution in [3.8, 4) is 0 Å². The van der Waals surface area contributed by atoms with Gasteiger partial charge in [-0.1, -0.05) is 12.8 Å². The molecule has 1 heterocycles. The largest absolute Gasteiger partial charge is 0.342 e. The molecule has 2 aliphatic rings. The third-order valence-corrected chi connectivity index (χ3v) is 4.03. The molecule has 80 valence electrons. The van der Waals surface area contributed by atoms with Crippen LogP contribution in [0.4, 0.5) is 0 Å². The highest BCUT2D eigenvalue weighted by molar-refractivity contribution is 7.80. The topological polar surface area (TPSA) is 20.3 Å². The first-order valence-electron chi connectivity index (χ1n) is 5.64. The van der Waals surface area contributed by atoms with Crippen LogP contribution in [0.5, 0.6) is 0 Å². The second-order valence-corrected chi connectivity index (χ2v) is 5.19. The molecule has 0 aromatic rings. The summed E-state index contributed by atoms with van der Waals surface area (Å²) in [6, 6.07) is 0. The minimum absolute atomic E-state index is 0.368. The lowest BCUT2D eigenvalue weighted by Gasteiger charge is -2.38. The van der Waals surface area contributed by atoms with Crippen molar-refractivity contribution in [3.63, 3.8) is 0 Å². The lowest BCUT2D eigenvalue weighted by molar-refractivity contribution is -0.137. The molecule has 14 heavy (non-hydrogen) atoms. The van der Waals surface area contributed by atoms with Crippen molar-refractivity contribution in [3.05, 3.63) is 0 Å². The molecule has 0 aromatic carbocycles. The second kappa shape index (κ2) is 4.13. The summed E-state index contributed by atoms with van der Waals surface area (Å²) in [5.41, 5.74) is 0.407. The molecular weight excluding hydrogens is 194 g/mol. The Labute approximate surface area is 91.5 Å². The highest BCUT2D eigenvalue weighted by Gasteiger charge is 2.40. The summed E-state index contributed by atoms with van der Waals surface area (Å²) < 4.78 is 0. The van der Waals surface area contributed by atoms with E-state index in [0.717, 1.165) is 25.3 Å². The number of nitrogens with zero attached hydrogens (tertiary/aromatic N) is 1. The summed E-state index contributed by atoms with van der Waals surface area (Å²) in [4.78, 5) is 13.8. The number of thiol groups is 1. The van der Waals surface area contributed by atoms with Gasteiger partial charge in [0, 0.05) is 25.3 Å². The summed E-state index contributed by atoms with van der Waals surface area (Å²) in [5.74, 6) is 1.16. The normalized spacial score (nSPS) is 26.1. The van der Waals surface area contributed by atoms with Gasteiger partial charge >= 0.3 is 0 Å². The van der Waals surface area contributed by atoms with Gasteiger partial charge in [0.2, 0.25) is 5.91 Å². The van der Waals surface area contributed by atoms with Crippen LogP contribution in [-0.4, -0.2) is 29.6 Å². The third-order valence-electron chi connectivity index (χ3n) is 3.83. The van der Waals surface area contributed by atoms with E-state index in [4.69, 9.17) is 0 Å². The first kappa shape index (κ1) is 10.3. The predicted octanol–water partition coefficient (Wildman–Crippen LogP) is 2.10. The smallest absolute Gasteiger partial charge is 0.223 e. The number of hydrogen-bond acceptors (Lipinski definition) is 2. The van der Waals surface area contributed by atoms with Crippen molar-refractivity contribution in [2.75, 3.05) is 18.8 Å². The Kier molecular flexibility index (Phi) is 3.05. The highest BCUT2D eigenvalue weighted by Crippen LogP contribution is 2.46. The Morgan fingerprint density at radius 2 is 2.00 bits per heavy atom. The first-order chi connectivity index (χ1) is 6.76. The zero-order valence-electron chi connectivity index (χ0n) is 8.67. The number of amides is 1. The highest BCUT2D eigenvalue weighted by atomic mass is 32.1. The fourth-order valence-corrected chi connectivity index (χ4v) is 3.17. The Hall–Kier alpha value is -0.180. The molecule has 1 saturated heterocycles. The van der Waals surface area contributed by atoms with E-state index in [1.807, 2.05) is 4.90 Å². The maximum absolute atomic E-state index is 11.8. The van der Waals surface area contributed by atoms with Crippen molar-refractivity contribution in [1.82, 2.24) is 4.90 Å². The molecule has 1 saturated carbocycles. The van der Waals surface area contributed by atoms with E-state index >= 15 is 0 Å². The van der Waals surface area contributed by atoms with Crippen molar-refractivity contribution in [2.24, 2.45) is 5.41 Å². The maximum Gasteiger partial charge on any atom is 0.223 e. The zero-order chi connectivity index (χ0) is 10.0. The lowest BCUT2D eigenvalue weighted by atomic mass is 9.77. The molecule has 2 fully saturated rings. The number of piperidine rings is 1. The molecular formula is C11H19NOS. The standard InChI is InChI=1S/C11H19NOS/c13-10-9-11(3-1-2-4-11)5-6-12(10)7-8-14/h14H,1-9H2. The van der Waals surface area contributed by atoms with Crippen LogP contribution in [0, 0.1) is 5.41 Å². The zero-order valence-corrected chi connectivity index (χ0v) is 9.56. The van der Waals surface area contributed by atoms with Gasteiger partial charge in [-0.3, -0.25) is 4.79 Å². The van der Waals surface area contributed by atoms with E-state index in [2.05, 4.69) is 12.6 Å². The molecule has 0 aromatic heterocycles. The Bertz CT molecular complexity index is 223. The molecule has 1 amide bonds. The summed E-state index contributed by atoms with van der Waals surface area (Å²) in [6.45, 7) is 1.80. The van der Waals surface area contributed by atoms with Crippen molar-refractivity contribution < 1.29 is 4.79 Å². The molecule has 3 heteroatoms. The molecule has 0 radical (unpaired) electrons. The minimum Gasteiger partial charge on any atom is -0.342 e. The fraction of sp³-hybridized carbons (Fsp3) is 0.909. The van der Waals surface area contributed by atoms with Crippen molar-refractivity contribution in [2.45, 2.75) is 38.5 Å². The minimum atomic E-state index is 0.368. The third kappa shape index (κ3) is 1.92. The summed E-state index contributed by atoms with van der Waals surface area (Å²) >= 11 is 4.18. The summed E-state index contributed by atoms with van der Waals surface area (Å²) in [6.07, 6.45) is 7.27. The van der Waals surface area contributed by atoms with E-state index < -0.39 is 0 Å². The van der Waals surface area contributed by atoms with Crippen LogP contribution < -0.4 is 0 Å². The van der Waals surface area contributed by atoms with Gasteiger partial charge in [0.1, 0.15) is 0 Å². The van der Waals surface area contributed by atoms with Gasteiger partial charge in [-0.25, -0.2) is 0 Å². The number of carbonyl (C=O) groups excluding carboxylic acids is 1. The molecule has 1 spiro atoms. The number of likely N-dealkylation sites (tertiary alicyclic amines) is 1. The van der Waals surface area contributed by atoms with Gasteiger partial charge in [-0.15, -0.1) is 0 Å². The molecule has 2 nitrogen and oxygen atoms in total. The maximum atomic E-state index is 11.8. The Balaban J connectivity index is 1.95. The molecule has 0 N–H and O–H groups in total. The average Bonchev–Trinajstić information content (AvgIpc) is 2.59. The summed E-state index contributed by atoms with van der Waals surface area (Å²) in [7, 11) is 0. The van der Waals surface area contributed by atoms with E-state index in [9.17, 15) is 4.79 Å². The van der Waals surface area contributed by atoms with Gasteiger partial charge in [-0.2, -0.15) is 12.6 Å². The van der Waals surface area contributed by atoms with Crippen LogP contribution >= 0.6 is 12.6 Å². The van der Waals surface area contributed by atoms with Crippen LogP contribution in [0.1, 0.15) is 38.5 Å². The van der Waals surface area contributed by atoms with Crippen LogP contribution in [0.15, 0.2) is 0 Å². The van der Waals surface area contributed by atoms with E-state index in [-0.39, 0.29) is 0 Å². The van der Waals surface area contributed by atoms with Crippen LogP contribution in [0.25, 0.3) is 0 Å². The van der Waals surface area contributed by atoms with Crippen LogP contribution in [0.3, 0.4) is 0 Å². The van der Waals surface area contributed by atoms with E-state index in [1.54, 1.807) is 0 Å². The molecule has 0 atom stereocenters. The van der Waals surface area contributed by atoms with Crippen LogP contribution in [0.2, 0.25) is 0 Å². The molecule has 1 aliphatic heterocycles. The molecule has 2 rings (SSSR count).